The molecule has 1 aromatic rings. The number of amides is 1. The summed E-state index contributed by atoms with van der Waals surface area (Å²) in [6, 6.07) is 5.48. The van der Waals surface area contributed by atoms with Gasteiger partial charge in [0.2, 0.25) is 0 Å². The maximum Gasteiger partial charge on any atom is 0.269 e. The lowest BCUT2D eigenvalue weighted by atomic mass is 9.49. The van der Waals surface area contributed by atoms with E-state index in [9.17, 15) is 4.79 Å². The predicted octanol–water partition coefficient (Wildman–Crippen LogP) is 3.79. The van der Waals surface area contributed by atoms with Gasteiger partial charge in [-0.3, -0.25) is 4.79 Å². The molecule has 1 N–H and O–H groups in total. The Balaban J connectivity index is 1.44. The number of aromatic nitrogens is 1. The summed E-state index contributed by atoms with van der Waals surface area (Å²) < 4.78 is 0.713. The van der Waals surface area contributed by atoms with E-state index in [1.165, 1.54) is 38.5 Å². The van der Waals surface area contributed by atoms with Crippen LogP contribution in [0.4, 0.5) is 0 Å². The predicted molar refractivity (Wildman–Crippen MR) is 84.9 cm³/mol. The van der Waals surface area contributed by atoms with Crippen molar-refractivity contribution in [1.29, 1.82) is 0 Å². The average Bonchev–Trinajstić information content (AvgIpc) is 2.43. The maximum atomic E-state index is 12.3. The molecule has 4 fully saturated rings. The SMILES string of the molecule is O=C(NCC12CC3CC(CC(C3)C1)C2)c1cccc(Br)n1. The van der Waals surface area contributed by atoms with Crippen LogP contribution in [-0.2, 0) is 0 Å². The van der Waals surface area contributed by atoms with Crippen molar-refractivity contribution in [3.8, 4) is 0 Å². The average molecular weight is 349 g/mol. The number of halogens is 1. The molecule has 0 aromatic carbocycles. The lowest BCUT2D eigenvalue weighted by molar-refractivity contribution is -0.0503. The normalized spacial score (nSPS) is 36.7. The molecule has 1 amide bonds. The zero-order valence-electron chi connectivity index (χ0n) is 12.1. The Hall–Kier alpha value is -0.900. The highest BCUT2D eigenvalue weighted by Crippen LogP contribution is 2.59. The highest BCUT2D eigenvalue weighted by molar-refractivity contribution is 9.10. The zero-order chi connectivity index (χ0) is 14.4. The van der Waals surface area contributed by atoms with Crippen LogP contribution in [0.3, 0.4) is 0 Å². The van der Waals surface area contributed by atoms with Crippen LogP contribution in [0.25, 0.3) is 0 Å². The Labute approximate surface area is 134 Å². The Morgan fingerprint density at radius 3 is 2.38 bits per heavy atom. The van der Waals surface area contributed by atoms with E-state index >= 15 is 0 Å². The van der Waals surface area contributed by atoms with Gasteiger partial charge in [0, 0.05) is 6.54 Å². The fourth-order valence-corrected chi connectivity index (χ4v) is 5.74. The summed E-state index contributed by atoms with van der Waals surface area (Å²) in [7, 11) is 0. The Morgan fingerprint density at radius 2 is 1.81 bits per heavy atom. The molecule has 4 bridgehead atoms. The monoisotopic (exact) mass is 348 g/mol. The number of carbonyl (C=O) groups excluding carboxylic acids is 1. The van der Waals surface area contributed by atoms with Gasteiger partial charge in [0.15, 0.2) is 0 Å². The van der Waals surface area contributed by atoms with E-state index in [0.29, 0.717) is 15.7 Å². The van der Waals surface area contributed by atoms with Gasteiger partial charge in [-0.15, -0.1) is 0 Å². The lowest BCUT2D eigenvalue weighted by Gasteiger charge is -2.56. The molecule has 0 radical (unpaired) electrons. The van der Waals surface area contributed by atoms with Crippen LogP contribution >= 0.6 is 15.9 Å². The van der Waals surface area contributed by atoms with Crippen molar-refractivity contribution < 1.29 is 4.79 Å². The quantitative estimate of drug-likeness (QED) is 0.844. The summed E-state index contributed by atoms with van der Waals surface area (Å²) in [4.78, 5) is 16.5. The van der Waals surface area contributed by atoms with E-state index < -0.39 is 0 Å². The summed E-state index contributed by atoms with van der Waals surface area (Å²) in [6.45, 7) is 0.837. The molecular weight excluding hydrogens is 328 g/mol. The summed E-state index contributed by atoms with van der Waals surface area (Å²) in [6.07, 6.45) is 8.31. The van der Waals surface area contributed by atoms with Crippen LogP contribution in [0, 0.1) is 23.2 Å². The molecule has 0 unspecified atom stereocenters. The van der Waals surface area contributed by atoms with Crippen LogP contribution < -0.4 is 5.32 Å². The van der Waals surface area contributed by atoms with Crippen LogP contribution in [0.1, 0.15) is 49.0 Å². The van der Waals surface area contributed by atoms with Crippen molar-refractivity contribution in [3.63, 3.8) is 0 Å². The third kappa shape index (κ3) is 2.63. The molecule has 0 atom stereocenters. The molecule has 21 heavy (non-hydrogen) atoms. The Morgan fingerprint density at radius 1 is 1.19 bits per heavy atom. The molecule has 0 saturated heterocycles. The molecule has 112 valence electrons. The van der Waals surface area contributed by atoms with Crippen molar-refractivity contribution in [2.24, 2.45) is 23.2 Å². The molecular formula is C17H21BrN2O. The van der Waals surface area contributed by atoms with Crippen LogP contribution in [-0.4, -0.2) is 17.4 Å². The van der Waals surface area contributed by atoms with Gasteiger partial charge in [0.1, 0.15) is 10.3 Å². The number of nitrogens with one attached hydrogen (secondary N) is 1. The molecule has 5 rings (SSSR count). The third-order valence-electron chi connectivity index (χ3n) is 5.74. The van der Waals surface area contributed by atoms with E-state index in [-0.39, 0.29) is 5.91 Å². The van der Waals surface area contributed by atoms with Crippen LogP contribution in [0.15, 0.2) is 22.8 Å². The van der Waals surface area contributed by atoms with E-state index in [4.69, 9.17) is 0 Å². The minimum Gasteiger partial charge on any atom is -0.350 e. The summed E-state index contributed by atoms with van der Waals surface area (Å²) >= 11 is 3.32. The number of carbonyl (C=O) groups is 1. The summed E-state index contributed by atoms with van der Waals surface area (Å²) in [5.41, 5.74) is 0.894. The number of rotatable bonds is 3. The zero-order valence-corrected chi connectivity index (χ0v) is 13.7. The van der Waals surface area contributed by atoms with Crippen molar-refractivity contribution in [1.82, 2.24) is 10.3 Å². The van der Waals surface area contributed by atoms with Crippen LogP contribution in [0.5, 0.6) is 0 Å². The van der Waals surface area contributed by atoms with Crippen molar-refractivity contribution in [3.05, 3.63) is 28.5 Å². The first-order valence-electron chi connectivity index (χ1n) is 8.03. The van der Waals surface area contributed by atoms with Crippen molar-refractivity contribution in [2.75, 3.05) is 6.54 Å². The fourth-order valence-electron chi connectivity index (χ4n) is 5.40. The summed E-state index contributed by atoms with van der Waals surface area (Å²) in [5.74, 6) is 2.75. The van der Waals surface area contributed by atoms with E-state index in [1.54, 1.807) is 6.07 Å². The molecule has 3 nitrogen and oxygen atoms in total. The molecule has 4 saturated carbocycles. The van der Waals surface area contributed by atoms with Gasteiger partial charge in [-0.1, -0.05) is 6.07 Å². The highest BCUT2D eigenvalue weighted by Gasteiger charge is 2.50. The smallest absolute Gasteiger partial charge is 0.269 e. The number of hydrogen-bond acceptors (Lipinski definition) is 2. The largest absolute Gasteiger partial charge is 0.350 e. The molecule has 4 aliphatic rings. The van der Waals surface area contributed by atoms with Crippen LogP contribution in [0.2, 0.25) is 0 Å². The minimum absolute atomic E-state index is 0.0351. The minimum atomic E-state index is -0.0351. The van der Waals surface area contributed by atoms with Gasteiger partial charge < -0.3 is 5.32 Å². The van der Waals surface area contributed by atoms with Gasteiger partial charge in [-0.25, -0.2) is 4.98 Å². The third-order valence-corrected chi connectivity index (χ3v) is 6.18. The van der Waals surface area contributed by atoms with E-state index in [1.807, 2.05) is 12.1 Å². The van der Waals surface area contributed by atoms with Gasteiger partial charge in [-0.05, 0) is 89.8 Å². The second-order valence-electron chi connectivity index (χ2n) is 7.45. The lowest BCUT2D eigenvalue weighted by Crippen LogP contribution is -2.51. The van der Waals surface area contributed by atoms with Crippen molar-refractivity contribution in [2.45, 2.75) is 38.5 Å². The number of pyridine rings is 1. The first kappa shape index (κ1) is 13.7. The molecule has 0 spiro atoms. The van der Waals surface area contributed by atoms with Gasteiger partial charge >= 0.3 is 0 Å². The van der Waals surface area contributed by atoms with Gasteiger partial charge in [0.25, 0.3) is 5.91 Å². The van der Waals surface area contributed by atoms with E-state index in [0.717, 1.165) is 24.3 Å². The first-order valence-corrected chi connectivity index (χ1v) is 8.82. The molecule has 4 heteroatoms. The highest BCUT2D eigenvalue weighted by atomic mass is 79.9. The van der Waals surface area contributed by atoms with Gasteiger partial charge in [0.05, 0.1) is 0 Å². The Kier molecular flexibility index (Phi) is 3.32. The number of hydrogen-bond donors (Lipinski definition) is 1. The second kappa shape index (κ2) is 5.08. The summed E-state index contributed by atoms with van der Waals surface area (Å²) in [5, 5.41) is 3.16. The molecule has 0 aliphatic heterocycles. The van der Waals surface area contributed by atoms with E-state index in [2.05, 4.69) is 26.2 Å². The van der Waals surface area contributed by atoms with Crippen molar-refractivity contribution >= 4 is 21.8 Å². The molecule has 4 aliphatic carbocycles. The maximum absolute atomic E-state index is 12.3. The first-order chi connectivity index (χ1) is 10.1. The second-order valence-corrected chi connectivity index (χ2v) is 8.26. The molecule has 1 aromatic heterocycles. The standard InChI is InChI=1S/C17H21BrN2O/c18-15-3-1-2-14(20-15)16(21)19-10-17-7-11-4-12(8-17)6-13(5-11)9-17/h1-3,11-13H,4-10H2,(H,19,21). The topological polar surface area (TPSA) is 42.0 Å². The molecule has 1 heterocycles. The van der Waals surface area contributed by atoms with Gasteiger partial charge in [-0.2, -0.15) is 0 Å². The fraction of sp³-hybridized carbons (Fsp3) is 0.647. The number of nitrogens with zero attached hydrogens (tertiary/aromatic N) is 1. The Bertz CT molecular complexity index is 536.